The van der Waals surface area contributed by atoms with E-state index in [-0.39, 0.29) is 11.3 Å². The molecule has 0 bridgehead atoms. The van der Waals surface area contributed by atoms with Crippen LogP contribution in [-0.4, -0.2) is 59.9 Å². The average molecular weight is 529 g/mol. The van der Waals surface area contributed by atoms with Gasteiger partial charge >= 0.3 is 0 Å². The van der Waals surface area contributed by atoms with E-state index in [0.29, 0.717) is 42.3 Å². The van der Waals surface area contributed by atoms with E-state index in [4.69, 9.17) is 9.47 Å². The molecule has 0 aliphatic carbocycles. The number of aryl methyl sites for hydroxylation is 1. The fourth-order valence-corrected chi connectivity index (χ4v) is 4.89. The predicted octanol–water partition coefficient (Wildman–Crippen LogP) is 5.35. The number of rotatable bonds is 11. The number of ketones is 1. The standard InChI is InChI=1S/C32H36N2O5/c1-5-33(6-2)17-18-34-29(25-11-8-12-27(20-25)38-4)28(31(36)32(34)37)30(35)24-13-15-26(16-14-24)39-21-23-10-7-9-22(3)19-23/h7-16,19-20,29,35H,5-6,17-18,21H2,1-4H3/b30-28+/t29-/m1/s1. The summed E-state index contributed by atoms with van der Waals surface area (Å²) in [7, 11) is 1.57. The van der Waals surface area contributed by atoms with Crippen molar-refractivity contribution in [1.82, 2.24) is 9.80 Å². The number of hydrogen-bond donors (Lipinski definition) is 1. The predicted molar refractivity (Wildman–Crippen MR) is 152 cm³/mol. The van der Waals surface area contributed by atoms with Gasteiger partial charge in [-0.2, -0.15) is 0 Å². The number of aliphatic hydroxyl groups is 1. The summed E-state index contributed by atoms with van der Waals surface area (Å²) in [5, 5.41) is 11.4. The number of nitrogens with zero attached hydrogens (tertiary/aromatic N) is 2. The smallest absolute Gasteiger partial charge is 0.295 e. The fourth-order valence-electron chi connectivity index (χ4n) is 4.89. The molecule has 1 aliphatic heterocycles. The molecular formula is C32H36N2O5. The lowest BCUT2D eigenvalue weighted by atomic mass is 9.95. The van der Waals surface area contributed by atoms with Gasteiger partial charge in [-0.1, -0.05) is 55.8 Å². The van der Waals surface area contributed by atoms with Crippen molar-refractivity contribution in [1.29, 1.82) is 0 Å². The van der Waals surface area contributed by atoms with Crippen LogP contribution < -0.4 is 9.47 Å². The van der Waals surface area contributed by atoms with Crippen molar-refractivity contribution < 1.29 is 24.2 Å². The minimum absolute atomic E-state index is 0.0706. The van der Waals surface area contributed by atoms with E-state index in [1.165, 1.54) is 0 Å². The first-order valence-corrected chi connectivity index (χ1v) is 13.3. The molecule has 0 unspecified atom stereocenters. The Morgan fingerprint density at radius 3 is 2.33 bits per heavy atom. The summed E-state index contributed by atoms with van der Waals surface area (Å²) in [6, 6.07) is 21.5. The maximum atomic E-state index is 13.3. The summed E-state index contributed by atoms with van der Waals surface area (Å²) in [6.45, 7) is 9.22. The first-order chi connectivity index (χ1) is 18.9. The van der Waals surface area contributed by atoms with Crippen molar-refractivity contribution in [3.63, 3.8) is 0 Å². The first-order valence-electron chi connectivity index (χ1n) is 13.3. The summed E-state index contributed by atoms with van der Waals surface area (Å²) >= 11 is 0. The molecule has 4 rings (SSSR count). The van der Waals surface area contributed by atoms with Gasteiger partial charge in [0.1, 0.15) is 23.9 Å². The van der Waals surface area contributed by atoms with Crippen molar-refractivity contribution in [2.75, 3.05) is 33.3 Å². The number of likely N-dealkylation sites (tertiary alicyclic amines) is 1. The van der Waals surface area contributed by atoms with Crippen LogP contribution in [0.3, 0.4) is 0 Å². The van der Waals surface area contributed by atoms with E-state index < -0.39 is 17.7 Å². The molecule has 0 spiro atoms. The number of carbonyl (C=O) groups is 2. The number of methoxy groups -OCH3 is 1. The minimum atomic E-state index is -0.729. The van der Waals surface area contributed by atoms with Gasteiger partial charge in [-0.3, -0.25) is 9.59 Å². The van der Waals surface area contributed by atoms with Crippen molar-refractivity contribution >= 4 is 17.4 Å². The van der Waals surface area contributed by atoms with E-state index in [2.05, 4.69) is 24.8 Å². The van der Waals surface area contributed by atoms with Crippen molar-refractivity contribution in [3.8, 4) is 11.5 Å². The normalized spacial score (nSPS) is 16.6. The second-order valence-corrected chi connectivity index (χ2v) is 9.60. The third kappa shape index (κ3) is 6.32. The van der Waals surface area contributed by atoms with Gasteiger partial charge in [-0.25, -0.2) is 0 Å². The lowest BCUT2D eigenvalue weighted by Gasteiger charge is -2.28. The largest absolute Gasteiger partial charge is 0.507 e. The molecular weight excluding hydrogens is 492 g/mol. The molecule has 1 aliphatic rings. The number of carbonyl (C=O) groups excluding carboxylic acids is 2. The lowest BCUT2D eigenvalue weighted by Crippen LogP contribution is -2.38. The van der Waals surface area contributed by atoms with Crippen molar-refractivity contribution in [2.45, 2.75) is 33.4 Å². The van der Waals surface area contributed by atoms with Gasteiger partial charge < -0.3 is 24.4 Å². The second-order valence-electron chi connectivity index (χ2n) is 9.60. The maximum absolute atomic E-state index is 13.3. The van der Waals surface area contributed by atoms with Crippen LogP contribution in [0.4, 0.5) is 0 Å². The Morgan fingerprint density at radius 2 is 1.67 bits per heavy atom. The van der Waals surface area contributed by atoms with Crippen LogP contribution in [0.1, 0.15) is 42.1 Å². The molecule has 0 radical (unpaired) electrons. The third-order valence-corrected chi connectivity index (χ3v) is 7.12. The van der Waals surface area contributed by atoms with Gasteiger partial charge in [0, 0.05) is 18.7 Å². The van der Waals surface area contributed by atoms with Crippen molar-refractivity contribution in [2.24, 2.45) is 0 Å². The number of Topliss-reactive ketones (excluding diaryl/α,β-unsaturated/α-hetero) is 1. The molecule has 7 nitrogen and oxygen atoms in total. The molecule has 0 aromatic heterocycles. The first kappa shape index (κ1) is 27.9. The number of aliphatic hydroxyl groups excluding tert-OH is 1. The number of benzene rings is 3. The van der Waals surface area contributed by atoms with E-state index in [1.807, 2.05) is 37.3 Å². The highest BCUT2D eigenvalue weighted by Crippen LogP contribution is 2.40. The highest BCUT2D eigenvalue weighted by atomic mass is 16.5. The van der Waals surface area contributed by atoms with Gasteiger partial charge in [-0.05, 0) is 67.5 Å². The zero-order chi connectivity index (χ0) is 27.9. The lowest BCUT2D eigenvalue weighted by molar-refractivity contribution is -0.140. The van der Waals surface area contributed by atoms with Crippen LogP contribution in [0.25, 0.3) is 5.76 Å². The number of amides is 1. The van der Waals surface area contributed by atoms with Crippen LogP contribution in [0.15, 0.2) is 78.4 Å². The summed E-state index contributed by atoms with van der Waals surface area (Å²) in [5.41, 5.74) is 3.43. The van der Waals surface area contributed by atoms with Gasteiger partial charge in [0.05, 0.1) is 18.7 Å². The fraction of sp³-hybridized carbons (Fsp3) is 0.312. The highest BCUT2D eigenvalue weighted by Gasteiger charge is 2.46. The SMILES string of the molecule is CCN(CC)CCN1C(=O)C(=O)/C(=C(/O)c2ccc(OCc3cccc(C)c3)cc2)[C@H]1c1cccc(OC)c1. The molecule has 1 fully saturated rings. The van der Waals surface area contributed by atoms with Crippen LogP contribution in [0.2, 0.25) is 0 Å². The monoisotopic (exact) mass is 528 g/mol. The average Bonchev–Trinajstić information content (AvgIpc) is 3.21. The molecule has 7 heteroatoms. The quantitative estimate of drug-likeness (QED) is 0.205. The molecule has 3 aromatic rings. The van der Waals surface area contributed by atoms with E-state index >= 15 is 0 Å². The molecule has 1 amide bonds. The molecule has 1 N–H and O–H groups in total. The van der Waals surface area contributed by atoms with Gasteiger partial charge in [0.25, 0.3) is 11.7 Å². The van der Waals surface area contributed by atoms with E-state index in [0.717, 1.165) is 24.2 Å². The van der Waals surface area contributed by atoms with Gasteiger partial charge in [0.2, 0.25) is 0 Å². The van der Waals surface area contributed by atoms with E-state index in [1.54, 1.807) is 48.4 Å². The Balaban J connectivity index is 1.65. The zero-order valence-electron chi connectivity index (χ0n) is 23.0. The molecule has 204 valence electrons. The van der Waals surface area contributed by atoms with Gasteiger partial charge in [0.15, 0.2) is 0 Å². The summed E-state index contributed by atoms with van der Waals surface area (Å²) in [4.78, 5) is 30.3. The maximum Gasteiger partial charge on any atom is 0.295 e. The summed E-state index contributed by atoms with van der Waals surface area (Å²) in [5.74, 6) is -0.278. The molecule has 3 aromatic carbocycles. The number of hydrogen-bond acceptors (Lipinski definition) is 6. The topological polar surface area (TPSA) is 79.3 Å². The molecule has 1 heterocycles. The van der Waals surface area contributed by atoms with Crippen LogP contribution in [-0.2, 0) is 16.2 Å². The van der Waals surface area contributed by atoms with Crippen LogP contribution in [0.5, 0.6) is 11.5 Å². The number of ether oxygens (including phenoxy) is 2. The van der Waals surface area contributed by atoms with Crippen LogP contribution in [0, 0.1) is 6.92 Å². The molecule has 1 saturated heterocycles. The van der Waals surface area contributed by atoms with E-state index in [9.17, 15) is 14.7 Å². The summed E-state index contributed by atoms with van der Waals surface area (Å²) < 4.78 is 11.3. The second kappa shape index (κ2) is 12.6. The highest BCUT2D eigenvalue weighted by molar-refractivity contribution is 6.46. The Bertz CT molecular complexity index is 1340. The van der Waals surface area contributed by atoms with Crippen molar-refractivity contribution in [3.05, 3.63) is 101 Å². The molecule has 39 heavy (non-hydrogen) atoms. The third-order valence-electron chi connectivity index (χ3n) is 7.12. The summed E-state index contributed by atoms with van der Waals surface area (Å²) in [6.07, 6.45) is 0. The zero-order valence-corrected chi connectivity index (χ0v) is 23.0. The molecule has 0 saturated carbocycles. The molecule has 1 atom stereocenters. The minimum Gasteiger partial charge on any atom is -0.507 e. The Labute approximate surface area is 230 Å². The Hall–Kier alpha value is -4.10. The number of likely N-dealkylation sites (N-methyl/N-ethyl adjacent to an activating group) is 1. The van der Waals surface area contributed by atoms with Gasteiger partial charge in [-0.15, -0.1) is 0 Å². The van der Waals surface area contributed by atoms with Crippen LogP contribution >= 0.6 is 0 Å². The Morgan fingerprint density at radius 1 is 0.949 bits per heavy atom. The Kier molecular flexibility index (Phi) is 9.04.